The van der Waals surface area contributed by atoms with Crippen molar-refractivity contribution in [2.45, 2.75) is 25.2 Å². The highest BCUT2D eigenvalue weighted by Crippen LogP contribution is 2.32. The summed E-state index contributed by atoms with van der Waals surface area (Å²) in [5.41, 5.74) is 2.37. The molecule has 3 nitrogen and oxygen atoms in total. The van der Waals surface area contributed by atoms with E-state index in [4.69, 9.17) is 4.98 Å². The van der Waals surface area contributed by atoms with Crippen molar-refractivity contribution >= 4 is 27.0 Å². The SMILES string of the molecule is CC1(c2nc3ccc(Br)cc3[nH]2)CCNCC1. The Balaban J connectivity index is 2.05. The number of benzene rings is 1. The Morgan fingerprint density at radius 2 is 2.06 bits per heavy atom. The van der Waals surface area contributed by atoms with E-state index >= 15 is 0 Å². The fourth-order valence-electron chi connectivity index (χ4n) is 2.48. The molecule has 2 aromatic rings. The lowest BCUT2D eigenvalue weighted by Crippen LogP contribution is -2.38. The molecule has 1 aliphatic rings. The summed E-state index contributed by atoms with van der Waals surface area (Å²) in [5, 5.41) is 3.40. The van der Waals surface area contributed by atoms with Crippen LogP contribution in [0.3, 0.4) is 0 Å². The third-order valence-electron chi connectivity index (χ3n) is 3.72. The van der Waals surface area contributed by atoms with E-state index in [9.17, 15) is 0 Å². The first kappa shape index (κ1) is 11.2. The number of piperidine rings is 1. The lowest BCUT2D eigenvalue weighted by Gasteiger charge is -2.32. The molecule has 3 rings (SSSR count). The number of aromatic amines is 1. The molecule has 1 aromatic carbocycles. The van der Waals surface area contributed by atoms with Crippen molar-refractivity contribution in [3.05, 3.63) is 28.5 Å². The molecular formula is C13H16BrN3. The number of nitrogens with zero attached hydrogens (tertiary/aromatic N) is 1. The van der Waals surface area contributed by atoms with E-state index < -0.39 is 0 Å². The van der Waals surface area contributed by atoms with Gasteiger partial charge in [-0.05, 0) is 44.1 Å². The molecule has 0 aliphatic carbocycles. The van der Waals surface area contributed by atoms with Gasteiger partial charge >= 0.3 is 0 Å². The van der Waals surface area contributed by atoms with Crippen molar-refractivity contribution in [3.8, 4) is 0 Å². The van der Waals surface area contributed by atoms with Crippen LogP contribution < -0.4 is 5.32 Å². The molecule has 2 heterocycles. The van der Waals surface area contributed by atoms with Crippen LogP contribution in [0.2, 0.25) is 0 Å². The van der Waals surface area contributed by atoms with E-state index in [2.05, 4.69) is 45.3 Å². The number of rotatable bonds is 1. The number of halogens is 1. The molecule has 2 N–H and O–H groups in total. The molecule has 0 amide bonds. The Morgan fingerprint density at radius 1 is 1.29 bits per heavy atom. The van der Waals surface area contributed by atoms with E-state index in [1.807, 2.05) is 6.07 Å². The second kappa shape index (κ2) is 4.10. The maximum absolute atomic E-state index is 4.75. The van der Waals surface area contributed by atoms with Crippen LogP contribution in [-0.4, -0.2) is 23.1 Å². The summed E-state index contributed by atoms with van der Waals surface area (Å²) < 4.78 is 1.09. The van der Waals surface area contributed by atoms with Gasteiger partial charge in [-0.25, -0.2) is 4.98 Å². The van der Waals surface area contributed by atoms with Gasteiger partial charge in [-0.1, -0.05) is 22.9 Å². The molecule has 0 spiro atoms. The van der Waals surface area contributed by atoms with Crippen LogP contribution in [0.4, 0.5) is 0 Å². The average molecular weight is 294 g/mol. The molecule has 1 aliphatic heterocycles. The summed E-state index contributed by atoms with van der Waals surface area (Å²) in [6.07, 6.45) is 2.29. The van der Waals surface area contributed by atoms with Crippen LogP contribution in [0.5, 0.6) is 0 Å². The van der Waals surface area contributed by atoms with Gasteiger partial charge in [0.05, 0.1) is 11.0 Å². The number of aromatic nitrogens is 2. The summed E-state index contributed by atoms with van der Waals surface area (Å²) in [6.45, 7) is 4.47. The summed E-state index contributed by atoms with van der Waals surface area (Å²) in [7, 11) is 0. The van der Waals surface area contributed by atoms with E-state index in [1.54, 1.807) is 0 Å². The van der Waals surface area contributed by atoms with Gasteiger partial charge in [-0.3, -0.25) is 0 Å². The third-order valence-corrected chi connectivity index (χ3v) is 4.22. The second-order valence-corrected chi connectivity index (χ2v) is 5.97. The van der Waals surface area contributed by atoms with Crippen LogP contribution in [0.25, 0.3) is 11.0 Å². The maximum atomic E-state index is 4.75. The van der Waals surface area contributed by atoms with Crippen LogP contribution in [0.15, 0.2) is 22.7 Å². The van der Waals surface area contributed by atoms with Crippen LogP contribution in [0.1, 0.15) is 25.6 Å². The fraction of sp³-hybridized carbons (Fsp3) is 0.462. The van der Waals surface area contributed by atoms with E-state index in [-0.39, 0.29) is 5.41 Å². The first-order valence-corrected chi connectivity index (χ1v) is 6.83. The standard InChI is InChI=1S/C13H16BrN3/c1-13(4-6-15-7-5-13)12-16-10-3-2-9(14)8-11(10)17-12/h2-3,8,15H,4-7H2,1H3,(H,16,17). The monoisotopic (exact) mass is 293 g/mol. The molecule has 0 saturated carbocycles. The van der Waals surface area contributed by atoms with Crippen molar-refractivity contribution in [2.75, 3.05) is 13.1 Å². The highest BCUT2D eigenvalue weighted by atomic mass is 79.9. The largest absolute Gasteiger partial charge is 0.341 e. The predicted octanol–water partition coefficient (Wildman–Crippen LogP) is 2.97. The Hall–Kier alpha value is -0.870. The Bertz CT molecular complexity index is 541. The maximum Gasteiger partial charge on any atom is 0.113 e. The number of hydrogen-bond acceptors (Lipinski definition) is 2. The lowest BCUT2D eigenvalue weighted by molar-refractivity contribution is 0.321. The number of fused-ring (bicyclic) bond motifs is 1. The van der Waals surface area contributed by atoms with Crippen LogP contribution in [0, 0.1) is 0 Å². The van der Waals surface area contributed by atoms with Gasteiger partial charge in [0.2, 0.25) is 0 Å². The molecule has 0 bridgehead atoms. The van der Waals surface area contributed by atoms with Gasteiger partial charge in [0, 0.05) is 9.89 Å². The van der Waals surface area contributed by atoms with Gasteiger partial charge in [0.15, 0.2) is 0 Å². The summed E-state index contributed by atoms with van der Waals surface area (Å²) in [6, 6.07) is 6.19. The fourth-order valence-corrected chi connectivity index (χ4v) is 2.84. The molecular weight excluding hydrogens is 278 g/mol. The zero-order valence-electron chi connectivity index (χ0n) is 9.89. The molecule has 17 heavy (non-hydrogen) atoms. The smallest absolute Gasteiger partial charge is 0.113 e. The van der Waals surface area contributed by atoms with Crippen molar-refractivity contribution in [3.63, 3.8) is 0 Å². The molecule has 0 radical (unpaired) electrons. The van der Waals surface area contributed by atoms with Gasteiger partial charge in [0.1, 0.15) is 5.82 Å². The molecule has 1 aromatic heterocycles. The van der Waals surface area contributed by atoms with Gasteiger partial charge in [0.25, 0.3) is 0 Å². The van der Waals surface area contributed by atoms with Crippen molar-refractivity contribution in [1.82, 2.24) is 15.3 Å². The number of hydrogen-bond donors (Lipinski definition) is 2. The topological polar surface area (TPSA) is 40.7 Å². The minimum atomic E-state index is 0.191. The number of nitrogens with one attached hydrogen (secondary N) is 2. The number of imidazole rings is 1. The zero-order valence-corrected chi connectivity index (χ0v) is 11.5. The van der Waals surface area contributed by atoms with Crippen molar-refractivity contribution < 1.29 is 0 Å². The molecule has 1 saturated heterocycles. The Morgan fingerprint density at radius 3 is 2.82 bits per heavy atom. The first-order valence-electron chi connectivity index (χ1n) is 6.04. The number of H-pyrrole nitrogens is 1. The summed E-state index contributed by atoms with van der Waals surface area (Å²) >= 11 is 3.49. The van der Waals surface area contributed by atoms with E-state index in [1.165, 1.54) is 0 Å². The van der Waals surface area contributed by atoms with Gasteiger partial charge in [-0.2, -0.15) is 0 Å². The minimum Gasteiger partial charge on any atom is -0.341 e. The third kappa shape index (κ3) is 2.00. The molecule has 0 unspecified atom stereocenters. The van der Waals surface area contributed by atoms with Crippen molar-refractivity contribution in [1.29, 1.82) is 0 Å². The summed E-state index contributed by atoms with van der Waals surface area (Å²) in [4.78, 5) is 8.22. The molecule has 0 atom stereocenters. The van der Waals surface area contributed by atoms with E-state index in [0.29, 0.717) is 0 Å². The predicted molar refractivity (Wildman–Crippen MR) is 73.2 cm³/mol. The van der Waals surface area contributed by atoms with Crippen LogP contribution >= 0.6 is 15.9 Å². The summed E-state index contributed by atoms with van der Waals surface area (Å²) in [5.74, 6) is 1.13. The highest BCUT2D eigenvalue weighted by Gasteiger charge is 2.31. The minimum absolute atomic E-state index is 0.191. The van der Waals surface area contributed by atoms with Crippen LogP contribution in [-0.2, 0) is 5.41 Å². The molecule has 1 fully saturated rings. The molecule has 90 valence electrons. The van der Waals surface area contributed by atoms with E-state index in [0.717, 1.165) is 47.3 Å². The quantitative estimate of drug-likeness (QED) is 0.849. The Labute approximate surface area is 109 Å². The first-order chi connectivity index (χ1) is 8.17. The zero-order chi connectivity index (χ0) is 11.9. The highest BCUT2D eigenvalue weighted by molar-refractivity contribution is 9.10. The Kier molecular flexibility index (Phi) is 2.71. The average Bonchev–Trinajstić information content (AvgIpc) is 2.73. The lowest BCUT2D eigenvalue weighted by atomic mass is 9.80. The van der Waals surface area contributed by atoms with Gasteiger partial charge < -0.3 is 10.3 Å². The normalized spacial score (nSPS) is 19.6. The van der Waals surface area contributed by atoms with Gasteiger partial charge in [-0.15, -0.1) is 0 Å². The molecule has 4 heteroatoms. The second-order valence-electron chi connectivity index (χ2n) is 5.06. The van der Waals surface area contributed by atoms with Crippen molar-refractivity contribution in [2.24, 2.45) is 0 Å².